The zero-order valence-corrected chi connectivity index (χ0v) is 7.63. The van der Waals surface area contributed by atoms with Crippen LogP contribution in [0.4, 0.5) is 4.39 Å². The van der Waals surface area contributed by atoms with Crippen LogP contribution in [0.1, 0.15) is 13.3 Å². The Hall–Kier alpha value is -1.16. The number of hydrogen-bond acceptors (Lipinski definition) is 3. The highest BCUT2D eigenvalue weighted by atomic mass is 19.1. The molecule has 2 N–H and O–H groups in total. The summed E-state index contributed by atoms with van der Waals surface area (Å²) in [6.45, 7) is 1.64. The van der Waals surface area contributed by atoms with Gasteiger partial charge in [0.05, 0.1) is 12.7 Å². The normalized spacial score (nSPS) is 22.8. The van der Waals surface area contributed by atoms with E-state index in [0.717, 1.165) is 0 Å². The Kier molecular flexibility index (Phi) is 2.83. The lowest BCUT2D eigenvalue weighted by molar-refractivity contribution is -0.136. The lowest BCUT2D eigenvalue weighted by atomic mass is 9.94. The van der Waals surface area contributed by atoms with Crippen LogP contribution in [0.25, 0.3) is 0 Å². The molecule has 0 amide bonds. The minimum Gasteiger partial charge on any atom is -0.465 e. The van der Waals surface area contributed by atoms with Crippen molar-refractivity contribution in [1.82, 2.24) is 0 Å². The van der Waals surface area contributed by atoms with Crippen molar-refractivity contribution in [3.8, 4) is 0 Å². The Morgan fingerprint density at radius 2 is 2.38 bits per heavy atom. The second-order valence-corrected chi connectivity index (χ2v) is 2.94. The van der Waals surface area contributed by atoms with Gasteiger partial charge in [-0.1, -0.05) is 0 Å². The first-order chi connectivity index (χ1) is 6.07. The number of esters is 1. The van der Waals surface area contributed by atoms with Gasteiger partial charge in [-0.3, -0.25) is 0 Å². The van der Waals surface area contributed by atoms with Gasteiger partial charge in [0.25, 0.3) is 0 Å². The fourth-order valence-electron chi connectivity index (χ4n) is 1.24. The molecular weight excluding hydrogens is 173 g/mol. The summed E-state index contributed by atoms with van der Waals surface area (Å²) < 4.78 is 17.6. The molecule has 0 saturated carbocycles. The molecule has 3 nitrogen and oxygen atoms in total. The maximum absolute atomic E-state index is 13.2. The molecule has 0 heterocycles. The quantitative estimate of drug-likeness (QED) is 0.621. The van der Waals surface area contributed by atoms with Crippen LogP contribution in [0.5, 0.6) is 0 Å². The third-order valence-corrected chi connectivity index (χ3v) is 2.13. The number of halogens is 1. The number of rotatable bonds is 1. The standard InChI is InChI=1S/C9H12FNO2/c1-5-7(11)4-3-6(10)8(5)9(12)13-2/h3,7H,4,11H2,1-2H3. The van der Waals surface area contributed by atoms with Crippen LogP contribution in [0.3, 0.4) is 0 Å². The Balaban J connectivity index is 3.07. The van der Waals surface area contributed by atoms with Gasteiger partial charge >= 0.3 is 5.97 Å². The van der Waals surface area contributed by atoms with Crippen LogP contribution in [0.2, 0.25) is 0 Å². The molecule has 1 rings (SSSR count). The Morgan fingerprint density at radius 1 is 1.77 bits per heavy atom. The Bertz CT molecular complexity index is 294. The van der Waals surface area contributed by atoms with Gasteiger partial charge in [0, 0.05) is 6.04 Å². The molecular formula is C9H12FNO2. The van der Waals surface area contributed by atoms with E-state index in [1.807, 2.05) is 0 Å². The zero-order chi connectivity index (χ0) is 10.0. The van der Waals surface area contributed by atoms with Crippen molar-refractivity contribution in [3.05, 3.63) is 23.0 Å². The average molecular weight is 185 g/mol. The first-order valence-corrected chi connectivity index (χ1v) is 3.98. The number of ether oxygens (including phenoxy) is 1. The van der Waals surface area contributed by atoms with Gasteiger partial charge in [0.2, 0.25) is 0 Å². The molecule has 0 bridgehead atoms. The fourth-order valence-corrected chi connectivity index (χ4v) is 1.24. The average Bonchev–Trinajstić information content (AvgIpc) is 2.12. The largest absolute Gasteiger partial charge is 0.465 e. The second-order valence-electron chi connectivity index (χ2n) is 2.94. The van der Waals surface area contributed by atoms with Gasteiger partial charge in [0.1, 0.15) is 5.83 Å². The van der Waals surface area contributed by atoms with Crippen LogP contribution in [-0.4, -0.2) is 19.1 Å². The van der Waals surface area contributed by atoms with Crippen LogP contribution in [0, 0.1) is 0 Å². The number of methoxy groups -OCH3 is 1. The van der Waals surface area contributed by atoms with Gasteiger partial charge in [-0.15, -0.1) is 0 Å². The van der Waals surface area contributed by atoms with Crippen LogP contribution >= 0.6 is 0 Å². The van der Waals surface area contributed by atoms with Crippen molar-refractivity contribution in [2.24, 2.45) is 5.73 Å². The molecule has 72 valence electrons. The van der Waals surface area contributed by atoms with E-state index in [0.29, 0.717) is 12.0 Å². The van der Waals surface area contributed by atoms with E-state index in [4.69, 9.17) is 5.73 Å². The molecule has 4 heteroatoms. The predicted octanol–water partition coefficient (Wildman–Crippen LogP) is 1.06. The lowest BCUT2D eigenvalue weighted by Crippen LogP contribution is -2.26. The molecule has 1 atom stereocenters. The molecule has 0 aromatic rings. The zero-order valence-electron chi connectivity index (χ0n) is 7.63. The van der Waals surface area contributed by atoms with Crippen molar-refractivity contribution < 1.29 is 13.9 Å². The van der Waals surface area contributed by atoms with Gasteiger partial charge in [-0.2, -0.15) is 0 Å². The van der Waals surface area contributed by atoms with E-state index in [2.05, 4.69) is 4.74 Å². The predicted molar refractivity (Wildman–Crippen MR) is 46.5 cm³/mol. The summed E-state index contributed by atoms with van der Waals surface area (Å²) >= 11 is 0. The summed E-state index contributed by atoms with van der Waals surface area (Å²) in [7, 11) is 1.22. The second kappa shape index (κ2) is 3.70. The fraction of sp³-hybridized carbons (Fsp3) is 0.444. The molecule has 0 aliphatic heterocycles. The summed E-state index contributed by atoms with van der Waals surface area (Å²) in [6.07, 6.45) is 1.74. The van der Waals surface area contributed by atoms with Gasteiger partial charge < -0.3 is 10.5 Å². The van der Waals surface area contributed by atoms with Crippen LogP contribution in [-0.2, 0) is 9.53 Å². The van der Waals surface area contributed by atoms with Crippen molar-refractivity contribution in [2.75, 3.05) is 7.11 Å². The molecule has 13 heavy (non-hydrogen) atoms. The van der Waals surface area contributed by atoms with Crippen molar-refractivity contribution in [2.45, 2.75) is 19.4 Å². The number of nitrogens with two attached hydrogens (primary N) is 1. The van der Waals surface area contributed by atoms with Crippen molar-refractivity contribution in [1.29, 1.82) is 0 Å². The van der Waals surface area contributed by atoms with Crippen LogP contribution < -0.4 is 5.73 Å². The molecule has 0 spiro atoms. The maximum Gasteiger partial charge on any atom is 0.340 e. The van der Waals surface area contributed by atoms with Gasteiger partial charge in [-0.25, -0.2) is 9.18 Å². The Morgan fingerprint density at radius 3 is 2.92 bits per heavy atom. The van der Waals surface area contributed by atoms with E-state index in [-0.39, 0.29) is 11.6 Å². The lowest BCUT2D eigenvalue weighted by Gasteiger charge is -2.18. The molecule has 1 unspecified atom stereocenters. The molecule has 0 fully saturated rings. The first-order valence-electron chi connectivity index (χ1n) is 3.98. The molecule has 0 saturated heterocycles. The van der Waals surface area contributed by atoms with E-state index in [1.165, 1.54) is 13.2 Å². The minimum atomic E-state index is -0.665. The minimum absolute atomic E-state index is 0.0266. The maximum atomic E-state index is 13.2. The SMILES string of the molecule is COC(=O)C1=C(C)C(N)CC=C1F. The van der Waals surface area contributed by atoms with Crippen molar-refractivity contribution in [3.63, 3.8) is 0 Å². The highest BCUT2D eigenvalue weighted by Crippen LogP contribution is 2.25. The van der Waals surface area contributed by atoms with Crippen LogP contribution in [0.15, 0.2) is 23.0 Å². The molecule has 0 aromatic heterocycles. The molecule has 1 aliphatic rings. The first kappa shape index (κ1) is 9.92. The summed E-state index contributed by atoms with van der Waals surface area (Å²) in [6, 6.07) is -0.284. The van der Waals surface area contributed by atoms with E-state index < -0.39 is 11.8 Å². The molecule has 0 radical (unpaired) electrons. The van der Waals surface area contributed by atoms with E-state index in [1.54, 1.807) is 6.92 Å². The highest BCUT2D eigenvalue weighted by molar-refractivity contribution is 5.94. The van der Waals surface area contributed by atoms with E-state index >= 15 is 0 Å². The molecule has 1 aliphatic carbocycles. The summed E-state index contributed by atoms with van der Waals surface area (Å²) in [5.41, 5.74) is 6.17. The number of carbonyl (C=O) groups is 1. The molecule has 0 aromatic carbocycles. The smallest absolute Gasteiger partial charge is 0.340 e. The van der Waals surface area contributed by atoms with E-state index in [9.17, 15) is 9.18 Å². The van der Waals surface area contributed by atoms with Gasteiger partial charge in [0.15, 0.2) is 0 Å². The third kappa shape index (κ3) is 1.78. The number of carbonyl (C=O) groups excluding carboxylic acids is 1. The van der Waals surface area contributed by atoms with Gasteiger partial charge in [-0.05, 0) is 25.0 Å². The topological polar surface area (TPSA) is 52.3 Å². The number of hydrogen-bond donors (Lipinski definition) is 1. The summed E-state index contributed by atoms with van der Waals surface area (Å²) in [5.74, 6) is -1.20. The third-order valence-electron chi connectivity index (χ3n) is 2.13. The highest BCUT2D eigenvalue weighted by Gasteiger charge is 2.24. The van der Waals surface area contributed by atoms with Crippen molar-refractivity contribution >= 4 is 5.97 Å². The summed E-state index contributed by atoms with van der Waals surface area (Å²) in [5, 5.41) is 0. The monoisotopic (exact) mass is 185 g/mol. The Labute approximate surface area is 76.1 Å². The summed E-state index contributed by atoms with van der Waals surface area (Å²) in [4.78, 5) is 11.1.